The van der Waals surface area contributed by atoms with Crippen LogP contribution in [0.15, 0.2) is 29.3 Å². The number of anilines is 1. The van der Waals surface area contributed by atoms with Gasteiger partial charge < -0.3 is 15.4 Å². The van der Waals surface area contributed by atoms with Gasteiger partial charge in [-0.3, -0.25) is 9.30 Å². The molecule has 0 unspecified atom stereocenters. The van der Waals surface area contributed by atoms with E-state index < -0.39 is 10.0 Å². The summed E-state index contributed by atoms with van der Waals surface area (Å²) in [6.45, 7) is 7.20. The summed E-state index contributed by atoms with van der Waals surface area (Å²) < 4.78 is 32.1. The number of benzene rings is 1. The van der Waals surface area contributed by atoms with E-state index >= 15 is 0 Å². The third kappa shape index (κ3) is 6.58. The highest BCUT2D eigenvalue weighted by atomic mass is 127. The summed E-state index contributed by atoms with van der Waals surface area (Å²) in [6.07, 6.45) is 0.768. The molecule has 0 fully saturated rings. The van der Waals surface area contributed by atoms with E-state index in [1.807, 2.05) is 38.1 Å². The highest BCUT2D eigenvalue weighted by Crippen LogP contribution is 2.29. The topological polar surface area (TPSA) is 83.0 Å². The van der Waals surface area contributed by atoms with Crippen LogP contribution in [0.4, 0.5) is 5.69 Å². The molecule has 2 N–H and O–H groups in total. The number of guanidine groups is 1. The van der Waals surface area contributed by atoms with E-state index in [0.29, 0.717) is 45.4 Å². The highest BCUT2D eigenvalue weighted by Gasteiger charge is 2.28. The molecule has 0 bridgehead atoms. The molecule has 0 aromatic heterocycles. The minimum atomic E-state index is -3.35. The summed E-state index contributed by atoms with van der Waals surface area (Å²) >= 11 is 0. The van der Waals surface area contributed by atoms with Crippen molar-refractivity contribution in [3.05, 3.63) is 29.8 Å². The van der Waals surface area contributed by atoms with Gasteiger partial charge in [0.1, 0.15) is 0 Å². The van der Waals surface area contributed by atoms with Crippen LogP contribution in [0.5, 0.6) is 0 Å². The lowest BCUT2D eigenvalue weighted by molar-refractivity contribution is 0.155. The van der Waals surface area contributed by atoms with Crippen molar-refractivity contribution in [2.45, 2.75) is 20.3 Å². The van der Waals surface area contributed by atoms with Crippen molar-refractivity contribution in [1.29, 1.82) is 0 Å². The molecular weight excluding hydrogens is 467 g/mol. The fourth-order valence-corrected chi connectivity index (χ4v) is 4.14. The zero-order chi connectivity index (χ0) is 18.1. The van der Waals surface area contributed by atoms with Crippen molar-refractivity contribution in [1.82, 2.24) is 10.6 Å². The molecule has 0 saturated heterocycles. The van der Waals surface area contributed by atoms with Crippen LogP contribution in [-0.4, -0.2) is 59.5 Å². The number of hydrogen-bond donors (Lipinski definition) is 2. The summed E-state index contributed by atoms with van der Waals surface area (Å²) in [4.78, 5) is 4.37. The van der Waals surface area contributed by atoms with Crippen molar-refractivity contribution in [3.8, 4) is 0 Å². The molecule has 1 heterocycles. The number of halogens is 1. The lowest BCUT2D eigenvalue weighted by Gasteiger charge is -2.20. The van der Waals surface area contributed by atoms with Gasteiger partial charge in [0, 0.05) is 26.2 Å². The van der Waals surface area contributed by atoms with Gasteiger partial charge in [-0.05, 0) is 31.9 Å². The maximum atomic E-state index is 12.6. The maximum Gasteiger partial charge on any atom is 0.236 e. The van der Waals surface area contributed by atoms with Crippen LogP contribution < -0.4 is 14.9 Å². The number of aliphatic imine (C=N–C) groups is 1. The first-order valence-corrected chi connectivity index (χ1v) is 10.4. The predicted octanol–water partition coefficient (Wildman–Crippen LogP) is 1.59. The lowest BCUT2D eigenvalue weighted by atomic mass is 10.2. The molecule has 9 heteroatoms. The summed E-state index contributed by atoms with van der Waals surface area (Å²) in [5, 5.41) is 6.18. The molecule has 0 radical (unpaired) electrons. The summed E-state index contributed by atoms with van der Waals surface area (Å²) in [7, 11) is -3.35. The highest BCUT2D eigenvalue weighted by molar-refractivity contribution is 14.0. The van der Waals surface area contributed by atoms with E-state index in [9.17, 15) is 8.42 Å². The second-order valence-corrected chi connectivity index (χ2v) is 7.66. The Bertz CT molecular complexity index is 682. The molecule has 0 saturated carbocycles. The molecule has 26 heavy (non-hydrogen) atoms. The zero-order valence-corrected chi connectivity index (χ0v) is 18.5. The Kier molecular flexibility index (Phi) is 10.3. The molecule has 2 rings (SSSR count). The van der Waals surface area contributed by atoms with Crippen LogP contribution >= 0.6 is 24.0 Å². The summed E-state index contributed by atoms with van der Waals surface area (Å²) in [5.41, 5.74) is 1.89. The van der Waals surface area contributed by atoms with Crippen molar-refractivity contribution in [2.75, 3.05) is 49.5 Å². The van der Waals surface area contributed by atoms with Crippen molar-refractivity contribution >= 4 is 45.6 Å². The number of rotatable bonds is 9. The second kappa shape index (κ2) is 11.6. The smallest absolute Gasteiger partial charge is 0.236 e. The monoisotopic (exact) mass is 496 g/mol. The molecule has 0 atom stereocenters. The SMILES string of the molecule is CCNC(=NCCOCC)NCCS(=O)(=O)N1CCc2ccccc21.I. The minimum Gasteiger partial charge on any atom is -0.380 e. The molecule has 1 aliphatic heterocycles. The van der Waals surface area contributed by atoms with Gasteiger partial charge in [0.2, 0.25) is 10.0 Å². The Labute approximate surface area is 173 Å². The third-order valence-electron chi connectivity index (χ3n) is 3.89. The molecule has 0 aliphatic carbocycles. The summed E-state index contributed by atoms with van der Waals surface area (Å²) in [6, 6.07) is 7.67. The number of nitrogens with one attached hydrogen (secondary N) is 2. The average Bonchev–Trinajstić information content (AvgIpc) is 3.03. The Morgan fingerprint density at radius 2 is 2.04 bits per heavy atom. The fourth-order valence-electron chi connectivity index (χ4n) is 2.71. The zero-order valence-electron chi connectivity index (χ0n) is 15.4. The van der Waals surface area contributed by atoms with E-state index in [4.69, 9.17) is 4.74 Å². The Morgan fingerprint density at radius 3 is 2.77 bits per heavy atom. The maximum absolute atomic E-state index is 12.6. The van der Waals surface area contributed by atoms with Gasteiger partial charge in [0.15, 0.2) is 5.96 Å². The Balaban J connectivity index is 0.00000338. The number of nitrogens with zero attached hydrogens (tertiary/aromatic N) is 2. The van der Waals surface area contributed by atoms with Crippen molar-refractivity contribution < 1.29 is 13.2 Å². The first kappa shape index (κ1) is 23.0. The predicted molar refractivity (Wildman–Crippen MR) is 117 cm³/mol. The molecular formula is C17H29IN4O3S. The van der Waals surface area contributed by atoms with E-state index in [1.54, 1.807) is 0 Å². The number of hydrogen-bond acceptors (Lipinski definition) is 4. The van der Waals surface area contributed by atoms with Gasteiger partial charge in [-0.15, -0.1) is 24.0 Å². The van der Waals surface area contributed by atoms with Crippen LogP contribution in [0.1, 0.15) is 19.4 Å². The van der Waals surface area contributed by atoms with Gasteiger partial charge in [-0.2, -0.15) is 0 Å². The van der Waals surface area contributed by atoms with E-state index in [2.05, 4.69) is 15.6 Å². The molecule has 148 valence electrons. The largest absolute Gasteiger partial charge is 0.380 e. The molecule has 0 amide bonds. The summed E-state index contributed by atoms with van der Waals surface area (Å²) in [5.74, 6) is 0.635. The minimum absolute atomic E-state index is 0. The number of sulfonamides is 1. The van der Waals surface area contributed by atoms with E-state index in [1.165, 1.54) is 4.31 Å². The Morgan fingerprint density at radius 1 is 1.27 bits per heavy atom. The third-order valence-corrected chi connectivity index (χ3v) is 5.66. The van der Waals surface area contributed by atoms with Crippen LogP contribution in [0.25, 0.3) is 0 Å². The van der Waals surface area contributed by atoms with Crippen LogP contribution in [-0.2, 0) is 21.2 Å². The van der Waals surface area contributed by atoms with Crippen LogP contribution in [0.2, 0.25) is 0 Å². The first-order valence-electron chi connectivity index (χ1n) is 8.76. The molecule has 1 aromatic rings. The molecule has 1 aromatic carbocycles. The van der Waals surface area contributed by atoms with Crippen LogP contribution in [0.3, 0.4) is 0 Å². The van der Waals surface area contributed by atoms with E-state index in [-0.39, 0.29) is 29.7 Å². The van der Waals surface area contributed by atoms with E-state index in [0.717, 1.165) is 17.7 Å². The van der Waals surface area contributed by atoms with Gasteiger partial charge in [0.05, 0.1) is 24.6 Å². The first-order chi connectivity index (χ1) is 12.1. The second-order valence-electron chi connectivity index (χ2n) is 5.65. The number of fused-ring (bicyclic) bond motifs is 1. The Hall–Kier alpha value is -1.07. The molecule has 0 spiro atoms. The number of para-hydroxylation sites is 1. The van der Waals surface area contributed by atoms with Crippen molar-refractivity contribution in [2.24, 2.45) is 4.99 Å². The number of ether oxygens (including phenoxy) is 1. The van der Waals surface area contributed by atoms with Gasteiger partial charge in [-0.25, -0.2) is 8.42 Å². The molecule has 7 nitrogen and oxygen atoms in total. The van der Waals surface area contributed by atoms with Gasteiger partial charge >= 0.3 is 0 Å². The normalized spacial score (nSPS) is 13.9. The molecule has 1 aliphatic rings. The standard InChI is InChI=1S/C17H28N4O3S.HI/c1-3-18-17(19-10-13-24-4-2)20-11-14-25(22,23)21-12-9-15-7-5-6-8-16(15)21;/h5-8H,3-4,9-14H2,1-2H3,(H2,18,19,20);1H. The lowest BCUT2D eigenvalue weighted by Crippen LogP contribution is -2.42. The van der Waals surface area contributed by atoms with Crippen LogP contribution in [0, 0.1) is 0 Å². The van der Waals surface area contributed by atoms with Crippen molar-refractivity contribution in [3.63, 3.8) is 0 Å². The quantitative estimate of drug-likeness (QED) is 0.235. The average molecular weight is 496 g/mol. The fraction of sp³-hybridized carbons (Fsp3) is 0.588. The van der Waals surface area contributed by atoms with Gasteiger partial charge in [0.25, 0.3) is 0 Å². The van der Waals surface area contributed by atoms with Gasteiger partial charge in [-0.1, -0.05) is 18.2 Å².